The highest BCUT2D eigenvalue weighted by atomic mass is 32.2. The van der Waals surface area contributed by atoms with Crippen molar-refractivity contribution in [3.63, 3.8) is 0 Å². The summed E-state index contributed by atoms with van der Waals surface area (Å²) in [6.45, 7) is 0. The van der Waals surface area contributed by atoms with Crippen LogP contribution in [0.5, 0.6) is 0 Å². The number of hydrogen-bond acceptors (Lipinski definition) is 4. The molecule has 20 heavy (non-hydrogen) atoms. The normalized spacial score (nSPS) is 11.1. The minimum absolute atomic E-state index is 0.0400. The largest absolute Gasteiger partial charge is 0.345 e. The minimum atomic E-state index is -3.73. The van der Waals surface area contributed by atoms with Crippen LogP contribution < -0.4 is 4.72 Å². The van der Waals surface area contributed by atoms with E-state index in [1.807, 2.05) is 0 Å². The first-order valence-corrected chi connectivity index (χ1v) is 7.22. The average molecular weight is 294 g/mol. The van der Waals surface area contributed by atoms with Crippen molar-refractivity contribution in [2.75, 3.05) is 18.8 Å². The fourth-order valence-electron chi connectivity index (χ4n) is 1.58. The number of aromatic amines is 1. The van der Waals surface area contributed by atoms with E-state index in [-0.39, 0.29) is 10.9 Å². The van der Waals surface area contributed by atoms with Crippen molar-refractivity contribution in [2.45, 2.75) is 5.03 Å². The Morgan fingerprint density at radius 2 is 2.05 bits per heavy atom. The molecular weight excluding hydrogens is 280 g/mol. The van der Waals surface area contributed by atoms with Gasteiger partial charge in [-0.3, -0.25) is 14.6 Å². The Hall–Kier alpha value is -2.35. The molecule has 1 aromatic carbocycles. The lowest BCUT2D eigenvalue weighted by Crippen LogP contribution is -2.22. The predicted octanol–water partition coefficient (Wildman–Crippen LogP) is 0.912. The van der Waals surface area contributed by atoms with Crippen LogP contribution in [-0.2, 0) is 10.0 Å². The lowest BCUT2D eigenvalue weighted by molar-refractivity contribution is 0.0827. The molecule has 0 bridgehead atoms. The van der Waals surface area contributed by atoms with Crippen LogP contribution in [0.25, 0.3) is 0 Å². The zero-order valence-corrected chi connectivity index (χ0v) is 11.8. The van der Waals surface area contributed by atoms with E-state index in [4.69, 9.17) is 0 Å². The van der Waals surface area contributed by atoms with Gasteiger partial charge in [0.2, 0.25) is 0 Å². The summed E-state index contributed by atoms with van der Waals surface area (Å²) in [4.78, 5) is 13.2. The molecule has 0 unspecified atom stereocenters. The van der Waals surface area contributed by atoms with Crippen LogP contribution in [0.15, 0.2) is 41.6 Å². The van der Waals surface area contributed by atoms with Crippen molar-refractivity contribution in [3.8, 4) is 0 Å². The molecule has 7 nitrogen and oxygen atoms in total. The summed E-state index contributed by atoms with van der Waals surface area (Å²) in [5.41, 5.74) is 0.715. The third kappa shape index (κ3) is 2.97. The number of aromatic nitrogens is 2. The summed E-state index contributed by atoms with van der Waals surface area (Å²) in [5.74, 6) is -0.201. The highest BCUT2D eigenvalue weighted by Gasteiger charge is 2.16. The average Bonchev–Trinajstić information content (AvgIpc) is 2.92. The SMILES string of the molecule is CN(C)C(=O)c1cccc(NS(=O)(=O)c2ccn[nH]2)c1. The topological polar surface area (TPSA) is 95.2 Å². The molecule has 2 aromatic rings. The molecular formula is C12H14N4O3S. The molecule has 0 radical (unpaired) electrons. The first kappa shape index (κ1) is 14.1. The van der Waals surface area contributed by atoms with Crippen molar-refractivity contribution in [1.82, 2.24) is 15.1 Å². The Morgan fingerprint density at radius 1 is 1.30 bits per heavy atom. The van der Waals surface area contributed by atoms with E-state index in [2.05, 4.69) is 14.9 Å². The number of hydrogen-bond donors (Lipinski definition) is 2. The van der Waals surface area contributed by atoms with Crippen LogP contribution in [0.4, 0.5) is 5.69 Å². The smallest absolute Gasteiger partial charge is 0.278 e. The molecule has 2 rings (SSSR count). The third-order valence-electron chi connectivity index (χ3n) is 2.53. The van der Waals surface area contributed by atoms with Crippen LogP contribution in [0.3, 0.4) is 0 Å². The van der Waals surface area contributed by atoms with Gasteiger partial charge in [0, 0.05) is 25.3 Å². The zero-order chi connectivity index (χ0) is 14.8. The summed E-state index contributed by atoms with van der Waals surface area (Å²) in [7, 11) is -0.468. The standard InChI is InChI=1S/C12H14N4O3S/c1-16(2)12(17)9-4-3-5-10(8-9)15-20(18,19)11-6-7-13-14-11/h3-8,15H,1-2H3,(H,13,14). The molecule has 0 spiro atoms. The quantitative estimate of drug-likeness (QED) is 0.876. The molecule has 1 heterocycles. The fraction of sp³-hybridized carbons (Fsp3) is 0.167. The number of nitrogens with one attached hydrogen (secondary N) is 2. The number of sulfonamides is 1. The molecule has 0 atom stereocenters. The van der Waals surface area contributed by atoms with E-state index in [0.29, 0.717) is 11.3 Å². The maximum atomic E-state index is 12.0. The lowest BCUT2D eigenvalue weighted by atomic mass is 10.2. The van der Waals surface area contributed by atoms with Crippen molar-refractivity contribution in [2.24, 2.45) is 0 Å². The van der Waals surface area contributed by atoms with Gasteiger partial charge in [-0.25, -0.2) is 0 Å². The van der Waals surface area contributed by atoms with Crippen LogP contribution in [0.1, 0.15) is 10.4 Å². The fourth-order valence-corrected chi connectivity index (χ4v) is 2.54. The van der Waals surface area contributed by atoms with E-state index < -0.39 is 10.0 Å². The number of nitrogens with zero attached hydrogens (tertiary/aromatic N) is 2. The molecule has 2 N–H and O–H groups in total. The van der Waals surface area contributed by atoms with Gasteiger partial charge >= 0.3 is 0 Å². The maximum Gasteiger partial charge on any atom is 0.278 e. The monoisotopic (exact) mass is 294 g/mol. The summed E-state index contributed by atoms with van der Waals surface area (Å²) in [5, 5.41) is 5.93. The van der Waals surface area contributed by atoms with Gasteiger partial charge in [-0.1, -0.05) is 6.07 Å². The molecule has 0 aliphatic rings. The number of anilines is 1. The van der Waals surface area contributed by atoms with Gasteiger partial charge in [0.1, 0.15) is 0 Å². The number of benzene rings is 1. The Kier molecular flexibility index (Phi) is 3.75. The molecule has 0 fully saturated rings. The maximum absolute atomic E-state index is 12.0. The summed E-state index contributed by atoms with van der Waals surface area (Å²) in [6.07, 6.45) is 1.35. The molecule has 0 saturated heterocycles. The van der Waals surface area contributed by atoms with Crippen molar-refractivity contribution in [1.29, 1.82) is 0 Å². The molecule has 106 valence electrons. The Bertz CT molecular complexity index is 708. The Labute approximate surface area is 116 Å². The number of H-pyrrole nitrogens is 1. The van der Waals surface area contributed by atoms with Crippen molar-refractivity contribution < 1.29 is 13.2 Å². The number of carbonyl (C=O) groups is 1. The molecule has 0 aliphatic carbocycles. The third-order valence-corrected chi connectivity index (χ3v) is 3.84. The second-order valence-electron chi connectivity index (χ2n) is 4.31. The second-order valence-corrected chi connectivity index (χ2v) is 5.96. The van der Waals surface area contributed by atoms with Gasteiger partial charge in [-0.2, -0.15) is 13.5 Å². The first-order chi connectivity index (χ1) is 9.40. The summed E-state index contributed by atoms with van der Waals surface area (Å²) >= 11 is 0. The Balaban J connectivity index is 2.27. The number of rotatable bonds is 4. The minimum Gasteiger partial charge on any atom is -0.345 e. The molecule has 8 heteroatoms. The van der Waals surface area contributed by atoms with E-state index in [1.54, 1.807) is 32.3 Å². The molecule has 0 aliphatic heterocycles. The summed E-state index contributed by atoms with van der Waals surface area (Å²) in [6, 6.07) is 7.63. The highest BCUT2D eigenvalue weighted by molar-refractivity contribution is 7.92. The summed E-state index contributed by atoms with van der Waals surface area (Å²) < 4.78 is 26.4. The van der Waals surface area contributed by atoms with Crippen LogP contribution in [0, 0.1) is 0 Å². The van der Waals surface area contributed by atoms with E-state index in [9.17, 15) is 13.2 Å². The van der Waals surface area contributed by atoms with Gasteiger partial charge in [0.25, 0.3) is 15.9 Å². The first-order valence-electron chi connectivity index (χ1n) is 5.74. The molecule has 1 amide bonds. The van der Waals surface area contributed by atoms with E-state index in [1.165, 1.54) is 23.2 Å². The highest BCUT2D eigenvalue weighted by Crippen LogP contribution is 2.16. The van der Waals surface area contributed by atoms with Gasteiger partial charge in [0.15, 0.2) is 5.03 Å². The van der Waals surface area contributed by atoms with Crippen LogP contribution >= 0.6 is 0 Å². The number of carbonyl (C=O) groups excluding carboxylic acids is 1. The molecule has 1 aromatic heterocycles. The molecule has 0 saturated carbocycles. The van der Waals surface area contributed by atoms with Gasteiger partial charge in [-0.15, -0.1) is 0 Å². The van der Waals surface area contributed by atoms with Crippen molar-refractivity contribution in [3.05, 3.63) is 42.1 Å². The van der Waals surface area contributed by atoms with E-state index in [0.717, 1.165) is 0 Å². The van der Waals surface area contributed by atoms with Gasteiger partial charge in [0.05, 0.1) is 6.20 Å². The van der Waals surface area contributed by atoms with Crippen LogP contribution in [-0.4, -0.2) is 43.5 Å². The second kappa shape index (κ2) is 5.33. The predicted molar refractivity (Wildman–Crippen MR) is 73.9 cm³/mol. The van der Waals surface area contributed by atoms with Gasteiger partial charge in [-0.05, 0) is 24.3 Å². The van der Waals surface area contributed by atoms with Crippen molar-refractivity contribution >= 4 is 21.6 Å². The van der Waals surface area contributed by atoms with E-state index >= 15 is 0 Å². The van der Waals surface area contributed by atoms with Gasteiger partial charge < -0.3 is 4.90 Å². The lowest BCUT2D eigenvalue weighted by Gasteiger charge is -2.12. The zero-order valence-electron chi connectivity index (χ0n) is 11.0. The Morgan fingerprint density at radius 3 is 2.65 bits per heavy atom. The number of amides is 1. The van der Waals surface area contributed by atoms with Crippen LogP contribution in [0.2, 0.25) is 0 Å².